The van der Waals surface area contributed by atoms with Gasteiger partial charge in [0.1, 0.15) is 6.20 Å². The summed E-state index contributed by atoms with van der Waals surface area (Å²) < 4.78 is 0. The van der Waals surface area contributed by atoms with Crippen LogP contribution in [-0.2, 0) is 0 Å². The highest BCUT2D eigenvalue weighted by Gasteiger charge is 2.19. The Labute approximate surface area is 81.1 Å². The van der Waals surface area contributed by atoms with Gasteiger partial charge in [-0.3, -0.25) is 20.2 Å². The van der Waals surface area contributed by atoms with Crippen LogP contribution in [-0.4, -0.2) is 14.8 Å². The topological polar surface area (TPSA) is 148 Å². The lowest BCUT2D eigenvalue weighted by molar-refractivity contribution is -0.394. The van der Waals surface area contributed by atoms with E-state index in [1.54, 1.807) is 0 Å². The molecule has 0 saturated heterocycles. The minimum absolute atomic E-state index is 0.506. The van der Waals surface area contributed by atoms with Gasteiger partial charge < -0.3 is 0 Å². The van der Waals surface area contributed by atoms with Crippen LogP contribution >= 0.6 is 0 Å². The van der Waals surface area contributed by atoms with Crippen molar-refractivity contribution < 1.29 is 9.85 Å². The summed E-state index contributed by atoms with van der Waals surface area (Å²) in [5, 5.41) is 23.6. The molecule has 0 atom stereocenters. The van der Waals surface area contributed by atoms with E-state index >= 15 is 0 Å². The molecule has 0 unspecified atom stereocenters. The number of pyridine rings is 1. The summed E-state index contributed by atoms with van der Waals surface area (Å²) >= 11 is 0. The Balaban J connectivity index is 3.39. The Morgan fingerprint density at radius 2 is 2.07 bits per heavy atom. The van der Waals surface area contributed by atoms with Gasteiger partial charge in [-0.15, -0.1) is 0 Å². The van der Waals surface area contributed by atoms with Crippen molar-refractivity contribution >= 4 is 17.2 Å². The highest BCUT2D eigenvalue weighted by Crippen LogP contribution is 2.28. The van der Waals surface area contributed by atoms with Gasteiger partial charge in [0.2, 0.25) is 5.82 Å². The van der Waals surface area contributed by atoms with Crippen molar-refractivity contribution in [2.75, 3.05) is 0 Å². The number of azide groups is 1. The fraction of sp³-hybridized carbons (Fsp3) is 0. The Morgan fingerprint density at radius 3 is 2.53 bits per heavy atom. The molecule has 0 radical (unpaired) electrons. The first-order valence-electron chi connectivity index (χ1n) is 3.40. The van der Waals surface area contributed by atoms with Gasteiger partial charge in [-0.05, 0) is 10.6 Å². The molecule has 15 heavy (non-hydrogen) atoms. The van der Waals surface area contributed by atoms with Crippen LogP contribution in [0.3, 0.4) is 0 Å². The monoisotopic (exact) mass is 210 g/mol. The van der Waals surface area contributed by atoms with Crippen LogP contribution in [0.15, 0.2) is 17.4 Å². The standard InChI is InChI=1S/C5H2N6O4/c6-9-8-5-4(11(14)15)1-3(2-7-5)10(12)13/h1-2H. The second-order valence-electron chi connectivity index (χ2n) is 2.24. The van der Waals surface area contributed by atoms with E-state index in [1.165, 1.54) is 0 Å². The van der Waals surface area contributed by atoms with Crippen LogP contribution in [0, 0.1) is 20.2 Å². The van der Waals surface area contributed by atoms with Crippen molar-refractivity contribution in [1.29, 1.82) is 0 Å². The number of hydrogen-bond donors (Lipinski definition) is 0. The maximum Gasteiger partial charge on any atom is 0.304 e. The molecule has 10 heteroatoms. The molecule has 1 aromatic rings. The molecular formula is C5H2N6O4. The van der Waals surface area contributed by atoms with Crippen molar-refractivity contribution in [3.05, 3.63) is 42.9 Å². The molecule has 0 N–H and O–H groups in total. The van der Waals surface area contributed by atoms with Crippen molar-refractivity contribution in [2.24, 2.45) is 5.11 Å². The number of rotatable bonds is 3. The SMILES string of the molecule is [N-]=[N+]=Nc1ncc([N+](=O)[O-])cc1[N+](=O)[O-]. The van der Waals surface area contributed by atoms with Gasteiger partial charge in [0.15, 0.2) is 0 Å². The smallest absolute Gasteiger partial charge is 0.258 e. The minimum atomic E-state index is -0.913. The van der Waals surface area contributed by atoms with E-state index in [0.717, 1.165) is 6.20 Å². The van der Waals surface area contributed by atoms with E-state index in [0.29, 0.717) is 6.07 Å². The number of nitrogens with zero attached hydrogens (tertiary/aromatic N) is 6. The Bertz CT molecular complexity index is 478. The van der Waals surface area contributed by atoms with Crippen LogP contribution < -0.4 is 0 Å². The summed E-state index contributed by atoms with van der Waals surface area (Å²) in [6.45, 7) is 0. The molecule has 0 fully saturated rings. The Hall–Kier alpha value is -2.74. The molecule has 0 aliphatic heterocycles. The molecule has 1 aromatic heterocycles. The summed E-state index contributed by atoms with van der Waals surface area (Å²) in [6.07, 6.45) is 0.775. The molecule has 1 heterocycles. The second kappa shape index (κ2) is 3.98. The van der Waals surface area contributed by atoms with Crippen molar-refractivity contribution in [3.63, 3.8) is 0 Å². The zero-order valence-corrected chi connectivity index (χ0v) is 6.97. The van der Waals surface area contributed by atoms with Crippen molar-refractivity contribution in [3.8, 4) is 0 Å². The van der Waals surface area contributed by atoms with Crippen LogP contribution in [0.25, 0.3) is 10.4 Å². The Morgan fingerprint density at radius 1 is 1.40 bits per heavy atom. The molecule has 0 aliphatic carbocycles. The third-order valence-electron chi connectivity index (χ3n) is 1.38. The fourth-order valence-electron chi connectivity index (χ4n) is 0.789. The van der Waals surface area contributed by atoms with Gasteiger partial charge in [0, 0.05) is 4.91 Å². The molecule has 76 valence electrons. The Kier molecular flexibility index (Phi) is 2.74. The maximum atomic E-state index is 10.4. The average molecular weight is 210 g/mol. The first-order valence-corrected chi connectivity index (χ1v) is 3.40. The van der Waals surface area contributed by atoms with E-state index < -0.39 is 27.0 Å². The zero-order valence-electron chi connectivity index (χ0n) is 6.97. The first kappa shape index (κ1) is 10.3. The highest BCUT2D eigenvalue weighted by molar-refractivity contribution is 5.55. The molecule has 0 bridgehead atoms. The highest BCUT2D eigenvalue weighted by atomic mass is 16.6. The number of hydrogen-bond acceptors (Lipinski definition) is 6. The van der Waals surface area contributed by atoms with Gasteiger partial charge in [-0.25, -0.2) is 4.98 Å². The lowest BCUT2D eigenvalue weighted by Gasteiger charge is -1.94. The molecule has 0 saturated carbocycles. The third-order valence-corrected chi connectivity index (χ3v) is 1.38. The number of nitro groups is 2. The summed E-state index contributed by atoms with van der Waals surface area (Å²) in [4.78, 5) is 24.6. The molecule has 0 aromatic carbocycles. The summed E-state index contributed by atoms with van der Waals surface area (Å²) in [5.41, 5.74) is 6.82. The molecule has 0 aliphatic rings. The van der Waals surface area contributed by atoms with Crippen molar-refractivity contribution in [1.82, 2.24) is 4.98 Å². The molecule has 0 spiro atoms. The average Bonchev–Trinajstić information content (AvgIpc) is 2.18. The first-order chi connectivity index (χ1) is 7.06. The van der Waals surface area contributed by atoms with Crippen molar-refractivity contribution in [2.45, 2.75) is 0 Å². The van der Waals surface area contributed by atoms with Crippen LogP contribution in [0.4, 0.5) is 17.2 Å². The minimum Gasteiger partial charge on any atom is -0.258 e. The fourth-order valence-corrected chi connectivity index (χ4v) is 0.789. The van der Waals surface area contributed by atoms with E-state index in [-0.39, 0.29) is 0 Å². The predicted octanol–water partition coefficient (Wildman–Crippen LogP) is 1.84. The molecule has 0 amide bonds. The molecular weight excluding hydrogens is 208 g/mol. The third kappa shape index (κ3) is 2.14. The number of aromatic nitrogens is 1. The molecule has 10 nitrogen and oxygen atoms in total. The van der Waals surface area contributed by atoms with Gasteiger partial charge in [-0.2, -0.15) is 0 Å². The van der Waals surface area contributed by atoms with Gasteiger partial charge in [-0.1, -0.05) is 0 Å². The zero-order chi connectivity index (χ0) is 11.4. The van der Waals surface area contributed by atoms with E-state index in [9.17, 15) is 20.2 Å². The van der Waals surface area contributed by atoms with E-state index in [1.807, 2.05) is 0 Å². The summed E-state index contributed by atoms with van der Waals surface area (Å²) in [5.74, 6) is -0.506. The quantitative estimate of drug-likeness (QED) is 0.245. The summed E-state index contributed by atoms with van der Waals surface area (Å²) in [6, 6.07) is 0.678. The van der Waals surface area contributed by atoms with Crippen LogP contribution in [0.1, 0.15) is 0 Å². The van der Waals surface area contributed by atoms with E-state index in [4.69, 9.17) is 5.53 Å². The van der Waals surface area contributed by atoms with Crippen LogP contribution in [0.5, 0.6) is 0 Å². The normalized spacial score (nSPS) is 9.07. The second-order valence-corrected chi connectivity index (χ2v) is 2.24. The lowest BCUT2D eigenvalue weighted by Crippen LogP contribution is -1.94. The van der Waals surface area contributed by atoms with E-state index in [2.05, 4.69) is 15.0 Å². The summed E-state index contributed by atoms with van der Waals surface area (Å²) in [7, 11) is 0. The lowest BCUT2D eigenvalue weighted by atomic mass is 10.3. The van der Waals surface area contributed by atoms with Gasteiger partial charge in [0.05, 0.1) is 15.9 Å². The maximum absolute atomic E-state index is 10.4. The van der Waals surface area contributed by atoms with Gasteiger partial charge in [0.25, 0.3) is 5.69 Å². The predicted molar refractivity (Wildman–Crippen MR) is 46.4 cm³/mol. The largest absolute Gasteiger partial charge is 0.304 e. The van der Waals surface area contributed by atoms with Crippen LogP contribution in [0.2, 0.25) is 0 Å². The van der Waals surface area contributed by atoms with Gasteiger partial charge >= 0.3 is 5.69 Å². The molecule has 1 rings (SSSR count).